The van der Waals surface area contributed by atoms with E-state index in [0.29, 0.717) is 18.4 Å². The van der Waals surface area contributed by atoms with E-state index in [1.807, 2.05) is 27.7 Å². The molecule has 0 aliphatic heterocycles. The first kappa shape index (κ1) is 14.5. The number of esters is 1. The van der Waals surface area contributed by atoms with Crippen molar-refractivity contribution in [1.82, 2.24) is 0 Å². The molecule has 0 bridgehead atoms. The second-order valence-electron chi connectivity index (χ2n) is 6.30. The van der Waals surface area contributed by atoms with Gasteiger partial charge in [0.25, 0.3) is 0 Å². The normalized spacial score (nSPS) is 25.5. The van der Waals surface area contributed by atoms with Crippen LogP contribution in [-0.4, -0.2) is 23.3 Å². The van der Waals surface area contributed by atoms with Crippen molar-refractivity contribution in [2.75, 3.05) is 6.61 Å². The summed E-state index contributed by atoms with van der Waals surface area (Å²) in [7, 11) is 0. The molecule has 1 aliphatic carbocycles. The average Bonchev–Trinajstić information content (AvgIpc) is 2.93. The van der Waals surface area contributed by atoms with Crippen LogP contribution in [0, 0.1) is 17.8 Å². The predicted molar refractivity (Wildman–Crippen MR) is 67.5 cm³/mol. The lowest BCUT2D eigenvalue weighted by molar-refractivity contribution is -0.159. The summed E-state index contributed by atoms with van der Waals surface area (Å²) in [5, 5.41) is 8.93. The van der Waals surface area contributed by atoms with Crippen molar-refractivity contribution >= 4 is 5.97 Å². The van der Waals surface area contributed by atoms with Crippen molar-refractivity contribution < 1.29 is 14.6 Å². The second kappa shape index (κ2) is 5.85. The van der Waals surface area contributed by atoms with E-state index in [9.17, 15) is 4.79 Å². The largest absolute Gasteiger partial charge is 0.460 e. The first-order chi connectivity index (χ1) is 7.83. The van der Waals surface area contributed by atoms with Crippen molar-refractivity contribution in [1.29, 1.82) is 0 Å². The molecule has 0 aromatic carbocycles. The molecule has 0 amide bonds. The van der Waals surface area contributed by atoms with Gasteiger partial charge in [-0.05, 0) is 45.4 Å². The number of rotatable bonds is 6. The highest BCUT2D eigenvalue weighted by molar-refractivity contribution is 5.72. The molecular formula is C14H26O3. The number of hydrogen-bond donors (Lipinski definition) is 1. The van der Waals surface area contributed by atoms with Crippen molar-refractivity contribution in [3.63, 3.8) is 0 Å². The summed E-state index contributed by atoms with van der Waals surface area (Å²) in [6.45, 7) is 7.95. The fourth-order valence-corrected chi connectivity index (χ4v) is 2.09. The molecule has 0 aromatic rings. The van der Waals surface area contributed by atoms with E-state index in [-0.39, 0.29) is 17.5 Å². The van der Waals surface area contributed by atoms with Crippen LogP contribution < -0.4 is 0 Å². The van der Waals surface area contributed by atoms with Gasteiger partial charge in [-0.15, -0.1) is 0 Å². The zero-order chi connectivity index (χ0) is 13.1. The predicted octanol–water partition coefficient (Wildman–Crippen LogP) is 2.76. The highest BCUT2D eigenvalue weighted by atomic mass is 16.6. The maximum absolute atomic E-state index is 11.7. The maximum atomic E-state index is 11.7. The first-order valence-corrected chi connectivity index (χ1v) is 6.67. The molecule has 0 saturated heterocycles. The lowest BCUT2D eigenvalue weighted by Crippen LogP contribution is -2.27. The van der Waals surface area contributed by atoms with Crippen LogP contribution in [0.15, 0.2) is 0 Å². The Morgan fingerprint density at radius 2 is 2.06 bits per heavy atom. The third-order valence-electron chi connectivity index (χ3n) is 3.32. The van der Waals surface area contributed by atoms with E-state index in [4.69, 9.17) is 9.84 Å². The molecule has 0 radical (unpaired) electrons. The second-order valence-corrected chi connectivity index (χ2v) is 6.30. The molecule has 3 nitrogen and oxygen atoms in total. The lowest BCUT2D eigenvalue weighted by Gasteiger charge is -2.22. The minimum Gasteiger partial charge on any atom is -0.460 e. The number of aliphatic hydroxyl groups excluding tert-OH is 1. The molecule has 3 heteroatoms. The van der Waals surface area contributed by atoms with Crippen LogP contribution in [0.25, 0.3) is 0 Å². The Labute approximate surface area is 105 Å². The van der Waals surface area contributed by atoms with Gasteiger partial charge in [0.1, 0.15) is 5.60 Å². The third-order valence-corrected chi connectivity index (χ3v) is 3.32. The Morgan fingerprint density at radius 3 is 2.53 bits per heavy atom. The van der Waals surface area contributed by atoms with Gasteiger partial charge in [0.2, 0.25) is 0 Å². The number of hydrogen-bond acceptors (Lipinski definition) is 3. The monoisotopic (exact) mass is 242 g/mol. The Hall–Kier alpha value is -0.570. The summed E-state index contributed by atoms with van der Waals surface area (Å²) < 4.78 is 5.34. The maximum Gasteiger partial charge on any atom is 0.309 e. The van der Waals surface area contributed by atoms with Crippen LogP contribution in [-0.2, 0) is 9.53 Å². The fourth-order valence-electron chi connectivity index (χ4n) is 2.09. The molecule has 1 rings (SSSR count). The smallest absolute Gasteiger partial charge is 0.309 e. The molecule has 0 spiro atoms. The van der Waals surface area contributed by atoms with Gasteiger partial charge in [-0.2, -0.15) is 0 Å². The van der Waals surface area contributed by atoms with Gasteiger partial charge in [-0.1, -0.05) is 19.8 Å². The van der Waals surface area contributed by atoms with Crippen LogP contribution >= 0.6 is 0 Å². The van der Waals surface area contributed by atoms with Gasteiger partial charge < -0.3 is 9.84 Å². The van der Waals surface area contributed by atoms with E-state index in [2.05, 4.69) is 0 Å². The van der Waals surface area contributed by atoms with Crippen LogP contribution in [0.5, 0.6) is 0 Å². The molecular weight excluding hydrogens is 216 g/mol. The molecule has 100 valence electrons. The van der Waals surface area contributed by atoms with E-state index in [0.717, 1.165) is 25.7 Å². The number of ether oxygens (including phenoxy) is 1. The molecule has 1 fully saturated rings. The Balaban J connectivity index is 2.12. The minimum absolute atomic E-state index is 0.0134. The molecule has 1 aliphatic rings. The topological polar surface area (TPSA) is 46.5 Å². The molecule has 17 heavy (non-hydrogen) atoms. The molecule has 3 unspecified atom stereocenters. The van der Waals surface area contributed by atoms with E-state index >= 15 is 0 Å². The van der Waals surface area contributed by atoms with Gasteiger partial charge in [-0.25, -0.2) is 0 Å². The zero-order valence-electron chi connectivity index (χ0n) is 11.5. The van der Waals surface area contributed by atoms with E-state index in [1.165, 1.54) is 0 Å². The third kappa shape index (κ3) is 5.53. The van der Waals surface area contributed by atoms with Crippen molar-refractivity contribution in [2.24, 2.45) is 17.8 Å². The summed E-state index contributed by atoms with van der Waals surface area (Å²) in [5.74, 6) is 1.13. The molecule has 1 N–H and O–H groups in total. The summed E-state index contributed by atoms with van der Waals surface area (Å²) in [5.41, 5.74) is -0.385. The Bertz CT molecular complexity index is 255. The molecule has 1 saturated carbocycles. The molecule has 0 aromatic heterocycles. The summed E-state index contributed by atoms with van der Waals surface area (Å²) >= 11 is 0. The fraction of sp³-hybridized carbons (Fsp3) is 0.929. The van der Waals surface area contributed by atoms with Gasteiger partial charge in [0.05, 0.1) is 5.92 Å². The van der Waals surface area contributed by atoms with E-state index < -0.39 is 0 Å². The Kier molecular flexibility index (Phi) is 4.99. The quantitative estimate of drug-likeness (QED) is 0.728. The minimum atomic E-state index is -0.385. The van der Waals surface area contributed by atoms with Gasteiger partial charge in [-0.3, -0.25) is 4.79 Å². The van der Waals surface area contributed by atoms with E-state index in [1.54, 1.807) is 0 Å². The standard InChI is InChI=1S/C14H26O3/c1-10(13(16)17-14(2,3)4)6-5-7-11-8-12(11)9-15/h10-12,15H,5-9H2,1-4H3. The van der Waals surface area contributed by atoms with Crippen molar-refractivity contribution in [3.05, 3.63) is 0 Å². The van der Waals surface area contributed by atoms with Crippen LogP contribution in [0.4, 0.5) is 0 Å². The number of carbonyl (C=O) groups excluding carboxylic acids is 1. The summed E-state index contributed by atoms with van der Waals surface area (Å²) in [6.07, 6.45) is 4.25. The highest BCUT2D eigenvalue weighted by Crippen LogP contribution is 2.41. The molecule has 3 atom stereocenters. The van der Waals surface area contributed by atoms with Gasteiger partial charge >= 0.3 is 5.97 Å². The molecule has 0 heterocycles. The number of aliphatic hydroxyl groups is 1. The summed E-state index contributed by atoms with van der Waals surface area (Å²) in [4.78, 5) is 11.7. The number of carbonyl (C=O) groups is 1. The van der Waals surface area contributed by atoms with Crippen LogP contribution in [0.3, 0.4) is 0 Å². The highest BCUT2D eigenvalue weighted by Gasteiger charge is 2.35. The average molecular weight is 242 g/mol. The SMILES string of the molecule is CC(CCCC1CC1CO)C(=O)OC(C)(C)C. The Morgan fingerprint density at radius 1 is 1.41 bits per heavy atom. The van der Waals surface area contributed by atoms with Crippen LogP contribution in [0.1, 0.15) is 53.4 Å². The van der Waals surface area contributed by atoms with Crippen molar-refractivity contribution in [3.8, 4) is 0 Å². The van der Waals surface area contributed by atoms with Gasteiger partial charge in [0, 0.05) is 6.61 Å². The lowest BCUT2D eigenvalue weighted by atomic mass is 10.0. The van der Waals surface area contributed by atoms with Gasteiger partial charge in [0.15, 0.2) is 0 Å². The first-order valence-electron chi connectivity index (χ1n) is 6.67. The van der Waals surface area contributed by atoms with Crippen molar-refractivity contribution in [2.45, 2.75) is 59.0 Å². The van der Waals surface area contributed by atoms with Crippen LogP contribution in [0.2, 0.25) is 0 Å². The zero-order valence-corrected chi connectivity index (χ0v) is 11.5. The summed E-state index contributed by atoms with van der Waals surface area (Å²) in [6, 6.07) is 0.